The van der Waals surface area contributed by atoms with E-state index in [1.165, 1.54) is 33.8 Å². The summed E-state index contributed by atoms with van der Waals surface area (Å²) in [6.07, 6.45) is -0.715. The third kappa shape index (κ3) is 7.36. The first kappa shape index (κ1) is 35.6. The SMILES string of the molecule is C=C1[C@@H](OC(=O)/C=C/c2ccccc2)C[C@H](OC(C)=O)[C@]2(C)[C@@H]1C[C@H]1C[C@H](OC(C)=O)C(C)=C([C@@H](OC(C)=O)[C@@H]2OC(C)=O)C1(C)C. The molecule has 2 bridgehead atoms. The Bertz CT molecular complexity index is 1490. The third-order valence-electron chi connectivity index (χ3n) is 10.2. The van der Waals surface area contributed by atoms with E-state index in [2.05, 4.69) is 6.58 Å². The van der Waals surface area contributed by atoms with Crippen LogP contribution >= 0.6 is 0 Å². The molecule has 3 aliphatic carbocycles. The molecular formula is C37H46O10. The highest BCUT2D eigenvalue weighted by Gasteiger charge is 2.64. The molecule has 8 atom stereocenters. The molecule has 0 amide bonds. The van der Waals surface area contributed by atoms with Gasteiger partial charge in [-0.2, -0.15) is 0 Å². The Morgan fingerprint density at radius 2 is 1.36 bits per heavy atom. The van der Waals surface area contributed by atoms with Gasteiger partial charge in [0.1, 0.15) is 18.3 Å². The summed E-state index contributed by atoms with van der Waals surface area (Å²) in [4.78, 5) is 63.6. The molecule has 0 unspecified atom stereocenters. The Balaban J connectivity index is 1.89. The summed E-state index contributed by atoms with van der Waals surface area (Å²) < 4.78 is 29.9. The second-order valence-electron chi connectivity index (χ2n) is 13.6. The zero-order valence-electron chi connectivity index (χ0n) is 28.5. The van der Waals surface area contributed by atoms with Crippen LogP contribution in [0.5, 0.6) is 0 Å². The van der Waals surface area contributed by atoms with E-state index in [0.717, 1.165) is 5.56 Å². The van der Waals surface area contributed by atoms with E-state index in [1.54, 1.807) is 6.08 Å². The number of fused-ring (bicyclic) bond motifs is 3. The molecule has 4 rings (SSSR count). The summed E-state index contributed by atoms with van der Waals surface area (Å²) in [7, 11) is 0. The largest absolute Gasteiger partial charge is 0.462 e. The number of carbonyl (C=O) groups excluding carboxylic acids is 5. The van der Waals surface area contributed by atoms with Gasteiger partial charge in [-0.3, -0.25) is 19.2 Å². The molecule has 1 aromatic rings. The van der Waals surface area contributed by atoms with Crippen LogP contribution in [0.15, 0.2) is 59.7 Å². The number of hydrogen-bond acceptors (Lipinski definition) is 10. The van der Waals surface area contributed by atoms with Crippen molar-refractivity contribution in [2.75, 3.05) is 0 Å². The first-order chi connectivity index (χ1) is 22.0. The summed E-state index contributed by atoms with van der Waals surface area (Å²) in [6, 6.07) is 9.30. The van der Waals surface area contributed by atoms with E-state index >= 15 is 0 Å². The predicted molar refractivity (Wildman–Crippen MR) is 172 cm³/mol. The van der Waals surface area contributed by atoms with Crippen molar-refractivity contribution in [2.24, 2.45) is 22.7 Å². The maximum atomic E-state index is 13.1. The van der Waals surface area contributed by atoms with Gasteiger partial charge >= 0.3 is 29.8 Å². The second-order valence-corrected chi connectivity index (χ2v) is 13.6. The summed E-state index contributed by atoms with van der Waals surface area (Å²) in [5, 5.41) is 0. The quantitative estimate of drug-likeness (QED) is 0.157. The van der Waals surface area contributed by atoms with E-state index in [-0.39, 0.29) is 12.3 Å². The lowest BCUT2D eigenvalue weighted by Gasteiger charge is -2.59. The Labute approximate surface area is 276 Å². The molecule has 0 heterocycles. The molecule has 1 aromatic carbocycles. The van der Waals surface area contributed by atoms with Crippen LogP contribution in [0.25, 0.3) is 6.08 Å². The Morgan fingerprint density at radius 1 is 0.766 bits per heavy atom. The number of ether oxygens (including phenoxy) is 5. The maximum Gasteiger partial charge on any atom is 0.331 e. The van der Waals surface area contributed by atoms with Crippen LogP contribution in [0.4, 0.5) is 0 Å². The molecule has 2 fully saturated rings. The van der Waals surface area contributed by atoms with Gasteiger partial charge in [0, 0.05) is 40.2 Å². The zero-order valence-corrected chi connectivity index (χ0v) is 28.5. The van der Waals surface area contributed by atoms with Gasteiger partial charge in [-0.05, 0) is 65.4 Å². The van der Waals surface area contributed by atoms with Crippen LogP contribution in [-0.4, -0.2) is 60.4 Å². The Hall–Kier alpha value is -4.21. The molecule has 0 aliphatic heterocycles. The Kier molecular flexibility index (Phi) is 10.5. The second kappa shape index (κ2) is 13.9. The summed E-state index contributed by atoms with van der Waals surface area (Å²) >= 11 is 0. The van der Waals surface area contributed by atoms with Crippen LogP contribution in [-0.2, 0) is 47.7 Å². The van der Waals surface area contributed by atoms with Gasteiger partial charge in [0.15, 0.2) is 12.2 Å². The van der Waals surface area contributed by atoms with Gasteiger partial charge < -0.3 is 23.7 Å². The first-order valence-corrected chi connectivity index (χ1v) is 16.0. The molecule has 10 nitrogen and oxygen atoms in total. The fourth-order valence-electron chi connectivity index (χ4n) is 8.02. The topological polar surface area (TPSA) is 132 Å². The third-order valence-corrected chi connectivity index (χ3v) is 10.2. The van der Waals surface area contributed by atoms with E-state index < -0.39 is 77.1 Å². The van der Waals surface area contributed by atoms with Crippen molar-refractivity contribution >= 4 is 35.9 Å². The average molecular weight is 651 g/mol. The van der Waals surface area contributed by atoms with Crippen molar-refractivity contribution in [2.45, 2.75) is 105 Å². The van der Waals surface area contributed by atoms with Crippen molar-refractivity contribution in [3.05, 3.63) is 65.3 Å². The van der Waals surface area contributed by atoms with Crippen molar-refractivity contribution in [3.63, 3.8) is 0 Å². The standard InChI is InChI=1S/C37H46O10/c1-20-28-17-27-18-29(43-22(3)38)21(2)33(36(27,7)8)34(45-24(5)40)35(46-25(6)41)37(28,9)31(44-23(4)39)19-30(20)47-32(42)16-15-26-13-11-10-12-14-26/h10-16,27-31,34-35H,1,17-19H2,2-9H3/b16-15+/t27-,28+,29-,30-,31-,34+,35-,37-/m0/s1. The van der Waals surface area contributed by atoms with Crippen molar-refractivity contribution in [3.8, 4) is 0 Å². The number of benzene rings is 1. The Morgan fingerprint density at radius 3 is 1.94 bits per heavy atom. The van der Waals surface area contributed by atoms with Gasteiger partial charge in [-0.1, -0.05) is 57.7 Å². The molecule has 47 heavy (non-hydrogen) atoms. The number of hydrogen-bond donors (Lipinski definition) is 0. The number of esters is 5. The van der Waals surface area contributed by atoms with Crippen LogP contribution in [0.2, 0.25) is 0 Å². The minimum Gasteiger partial charge on any atom is -0.462 e. The summed E-state index contributed by atoms with van der Waals surface area (Å²) in [5.41, 5.74) is 0.978. The molecule has 2 saturated carbocycles. The van der Waals surface area contributed by atoms with Gasteiger partial charge in [0.25, 0.3) is 0 Å². The monoisotopic (exact) mass is 650 g/mol. The first-order valence-electron chi connectivity index (χ1n) is 16.0. The highest BCUT2D eigenvalue weighted by atomic mass is 16.6. The van der Waals surface area contributed by atoms with Crippen LogP contribution in [0, 0.1) is 22.7 Å². The van der Waals surface area contributed by atoms with Crippen molar-refractivity contribution in [1.29, 1.82) is 0 Å². The normalized spacial score (nSPS) is 31.5. The molecule has 0 radical (unpaired) electrons. The van der Waals surface area contributed by atoms with Gasteiger partial charge in [-0.15, -0.1) is 0 Å². The lowest BCUT2D eigenvalue weighted by Crippen LogP contribution is -2.64. The molecule has 10 heteroatoms. The summed E-state index contributed by atoms with van der Waals surface area (Å²) in [5.74, 6) is -3.57. The lowest BCUT2D eigenvalue weighted by atomic mass is 9.49. The maximum absolute atomic E-state index is 13.1. The van der Waals surface area contributed by atoms with Gasteiger partial charge in [0.2, 0.25) is 0 Å². The molecule has 0 N–H and O–H groups in total. The molecule has 254 valence electrons. The minimum absolute atomic E-state index is 0.0447. The zero-order chi connectivity index (χ0) is 34.8. The van der Waals surface area contributed by atoms with Crippen LogP contribution < -0.4 is 0 Å². The fraction of sp³-hybridized carbons (Fsp3) is 0.541. The molecule has 0 saturated heterocycles. The smallest absolute Gasteiger partial charge is 0.331 e. The van der Waals surface area contributed by atoms with Gasteiger partial charge in [0.05, 0.1) is 5.41 Å². The average Bonchev–Trinajstić information content (AvgIpc) is 2.96. The van der Waals surface area contributed by atoms with Crippen LogP contribution in [0.1, 0.15) is 80.2 Å². The van der Waals surface area contributed by atoms with Crippen molar-refractivity contribution in [1.82, 2.24) is 0 Å². The molecule has 0 aromatic heterocycles. The fourth-order valence-corrected chi connectivity index (χ4v) is 8.02. The van der Waals surface area contributed by atoms with E-state index in [0.29, 0.717) is 29.6 Å². The highest BCUT2D eigenvalue weighted by Crippen LogP contribution is 2.61. The highest BCUT2D eigenvalue weighted by molar-refractivity contribution is 5.87. The molecular weight excluding hydrogens is 604 g/mol. The molecule has 0 spiro atoms. The van der Waals surface area contributed by atoms with E-state index in [9.17, 15) is 24.0 Å². The number of rotatable bonds is 7. The van der Waals surface area contributed by atoms with Crippen LogP contribution in [0.3, 0.4) is 0 Å². The number of carbonyl (C=O) groups is 5. The summed E-state index contributed by atoms with van der Waals surface area (Å²) in [6.45, 7) is 17.4. The molecule has 3 aliphatic rings. The predicted octanol–water partition coefficient (Wildman–Crippen LogP) is 5.69. The van der Waals surface area contributed by atoms with E-state index in [4.69, 9.17) is 23.7 Å². The van der Waals surface area contributed by atoms with Gasteiger partial charge in [-0.25, -0.2) is 4.79 Å². The van der Waals surface area contributed by atoms with E-state index in [1.807, 2.05) is 58.0 Å². The van der Waals surface area contributed by atoms with Crippen molar-refractivity contribution < 1.29 is 47.7 Å². The minimum atomic E-state index is -1.17. The lowest BCUT2D eigenvalue weighted by molar-refractivity contribution is -0.212.